The van der Waals surface area contributed by atoms with Gasteiger partial charge in [0.2, 0.25) is 0 Å². The maximum absolute atomic E-state index is 13.0. The highest BCUT2D eigenvalue weighted by atomic mass is 35.5. The fourth-order valence-corrected chi connectivity index (χ4v) is 8.72. The topological polar surface area (TPSA) is 78.3 Å². The minimum Gasteiger partial charge on any atom is -0.347 e. The van der Waals surface area contributed by atoms with Crippen LogP contribution in [0.5, 0.6) is 0 Å². The second-order valence-electron chi connectivity index (χ2n) is 14.0. The van der Waals surface area contributed by atoms with Crippen LogP contribution in [0, 0.1) is 11.3 Å². The Bertz CT molecular complexity index is 1780. The van der Waals surface area contributed by atoms with Crippen LogP contribution in [-0.4, -0.2) is 50.9 Å². The average Bonchev–Trinajstić information content (AvgIpc) is 3.78. The summed E-state index contributed by atoms with van der Waals surface area (Å²) in [6.07, 6.45) is 10.7. The predicted molar refractivity (Wildman–Crippen MR) is 190 cm³/mol. The van der Waals surface area contributed by atoms with Crippen LogP contribution in [0.3, 0.4) is 0 Å². The lowest BCUT2D eigenvalue weighted by Gasteiger charge is -2.34. The fourth-order valence-electron chi connectivity index (χ4n) is 8.20. The van der Waals surface area contributed by atoms with Crippen molar-refractivity contribution in [1.29, 1.82) is 5.26 Å². The van der Waals surface area contributed by atoms with E-state index in [2.05, 4.69) is 44.8 Å². The molecule has 0 spiro atoms. The summed E-state index contributed by atoms with van der Waals surface area (Å²) in [4.78, 5) is 18.1. The van der Waals surface area contributed by atoms with Gasteiger partial charge in [-0.05, 0) is 79.6 Å². The van der Waals surface area contributed by atoms with Crippen molar-refractivity contribution < 1.29 is 4.79 Å². The number of hydrogen-bond donors (Lipinski definition) is 1. The van der Waals surface area contributed by atoms with Gasteiger partial charge < -0.3 is 10.3 Å². The summed E-state index contributed by atoms with van der Waals surface area (Å²) in [6, 6.07) is 23.8. The maximum Gasteiger partial charge on any atom is 0.152 e. The Labute approximate surface area is 288 Å². The Balaban J connectivity index is 1.05. The first kappa shape index (κ1) is 32.4. The number of hydrogen-bond acceptors (Lipinski definition) is 5. The van der Waals surface area contributed by atoms with Gasteiger partial charge in [-0.25, -0.2) is 0 Å². The lowest BCUT2D eigenvalue weighted by atomic mass is 9.78. The first-order chi connectivity index (χ1) is 22.8. The molecule has 3 heterocycles. The summed E-state index contributed by atoms with van der Waals surface area (Å²) in [5.74, 6) is 0.240. The summed E-state index contributed by atoms with van der Waals surface area (Å²) in [7, 11) is 0. The summed E-state index contributed by atoms with van der Waals surface area (Å²) < 4.78 is 2.34. The van der Waals surface area contributed by atoms with Gasteiger partial charge in [0.1, 0.15) is 0 Å². The largest absolute Gasteiger partial charge is 0.347 e. The first-order valence-electron chi connectivity index (χ1n) is 17.2. The van der Waals surface area contributed by atoms with Crippen molar-refractivity contribution in [3.63, 3.8) is 0 Å². The van der Waals surface area contributed by atoms with Crippen LogP contribution in [0.1, 0.15) is 74.5 Å². The normalized spacial score (nSPS) is 21.0. The highest BCUT2D eigenvalue weighted by molar-refractivity contribution is 6.36. The molecule has 4 aromatic rings. The number of carbonyl (C=O) groups is 1. The molecule has 0 amide bonds. The van der Waals surface area contributed by atoms with Gasteiger partial charge in [0.15, 0.2) is 5.78 Å². The average molecular weight is 669 g/mol. The Morgan fingerprint density at radius 2 is 1.62 bits per heavy atom. The molecular weight excluding hydrogens is 625 g/mol. The Kier molecular flexibility index (Phi) is 9.47. The molecule has 7 rings (SSSR count). The highest BCUT2D eigenvalue weighted by Crippen LogP contribution is 2.37. The highest BCUT2D eigenvalue weighted by Gasteiger charge is 2.43. The van der Waals surface area contributed by atoms with E-state index in [1.807, 2.05) is 42.5 Å². The summed E-state index contributed by atoms with van der Waals surface area (Å²) in [5, 5.41) is 12.1. The number of Topliss-reactive ketones (excluding diaryl/α,β-unsaturated/α-hetero) is 1. The van der Waals surface area contributed by atoms with Crippen LogP contribution in [0.25, 0.3) is 22.0 Å². The molecule has 2 aliphatic heterocycles. The van der Waals surface area contributed by atoms with Crippen LogP contribution >= 0.6 is 23.2 Å². The number of ketones is 1. The van der Waals surface area contributed by atoms with E-state index in [1.54, 1.807) is 0 Å². The van der Waals surface area contributed by atoms with Crippen molar-refractivity contribution in [3.8, 4) is 17.2 Å². The van der Waals surface area contributed by atoms with Gasteiger partial charge in [0, 0.05) is 89.5 Å². The Morgan fingerprint density at radius 3 is 2.30 bits per heavy atom. The van der Waals surface area contributed by atoms with Gasteiger partial charge in [0.05, 0.1) is 17.2 Å². The van der Waals surface area contributed by atoms with E-state index in [0.29, 0.717) is 24.1 Å². The number of aryl methyl sites for hydroxylation is 1. The summed E-state index contributed by atoms with van der Waals surface area (Å²) in [6.45, 7) is 4.62. The number of carbonyl (C=O) groups excluding carboxylic acids is 1. The molecule has 244 valence electrons. The van der Waals surface area contributed by atoms with Crippen molar-refractivity contribution in [2.24, 2.45) is 5.73 Å². The summed E-state index contributed by atoms with van der Waals surface area (Å²) >= 11 is 13.0. The SMILES string of the molecule is N#Cc1ccc(-c2cn(CCCCC(=O)C3(N)CCCCC3)c3ccc(CN4CC5CC4CN5Cc4c(Cl)cccc4Cl)cc23)cc1. The zero-order valence-electron chi connectivity index (χ0n) is 26.9. The molecule has 2 N–H and O–H groups in total. The lowest BCUT2D eigenvalue weighted by Crippen LogP contribution is -2.49. The molecule has 3 aliphatic rings. The molecule has 2 atom stereocenters. The monoisotopic (exact) mass is 667 g/mol. The summed E-state index contributed by atoms with van der Waals surface area (Å²) in [5.41, 5.74) is 12.4. The molecule has 1 aliphatic carbocycles. The number of halogens is 2. The van der Waals surface area contributed by atoms with Gasteiger partial charge in [-0.3, -0.25) is 14.6 Å². The Hall–Kier alpha value is -3.18. The molecule has 8 heteroatoms. The molecule has 2 unspecified atom stereocenters. The molecule has 2 bridgehead atoms. The molecule has 3 aromatic carbocycles. The second-order valence-corrected chi connectivity index (χ2v) is 14.8. The third-order valence-corrected chi connectivity index (χ3v) is 11.6. The predicted octanol–water partition coefficient (Wildman–Crippen LogP) is 8.35. The van der Waals surface area contributed by atoms with Gasteiger partial charge in [0.25, 0.3) is 0 Å². The maximum atomic E-state index is 13.0. The van der Waals surface area contributed by atoms with E-state index in [1.165, 1.54) is 34.9 Å². The van der Waals surface area contributed by atoms with Crippen LogP contribution in [0.15, 0.2) is 66.9 Å². The minimum atomic E-state index is -0.603. The van der Waals surface area contributed by atoms with E-state index in [0.717, 1.165) is 92.4 Å². The number of nitriles is 1. The van der Waals surface area contributed by atoms with E-state index in [-0.39, 0.29) is 5.78 Å². The molecule has 47 heavy (non-hydrogen) atoms. The van der Waals surface area contributed by atoms with Gasteiger partial charge >= 0.3 is 0 Å². The standard InChI is InChI=1S/C39H43Cl2N5O/c40-35-7-6-8-36(41)34(35)26-46-24-30-20-31(46)23-45(30)22-28-12-15-37-32(19-28)33(29-13-10-27(21-42)11-14-29)25-44(37)18-5-2-9-38(47)39(43)16-3-1-4-17-39/h6-8,10-15,19,25,30-31H,1-5,9,16-18,20,22-24,26,43H2. The zero-order valence-corrected chi connectivity index (χ0v) is 28.4. The van der Waals surface area contributed by atoms with Crippen molar-refractivity contribution in [2.45, 2.75) is 95.0 Å². The first-order valence-corrected chi connectivity index (χ1v) is 17.9. The van der Waals surface area contributed by atoms with Gasteiger partial charge in [-0.2, -0.15) is 5.26 Å². The van der Waals surface area contributed by atoms with E-state index < -0.39 is 5.54 Å². The van der Waals surface area contributed by atoms with Crippen molar-refractivity contribution >= 4 is 39.9 Å². The number of nitrogens with two attached hydrogens (primary N) is 1. The van der Waals surface area contributed by atoms with Crippen molar-refractivity contribution in [3.05, 3.63) is 93.6 Å². The molecule has 2 saturated heterocycles. The molecular formula is C39H43Cl2N5O. The van der Waals surface area contributed by atoms with E-state index >= 15 is 0 Å². The molecule has 3 fully saturated rings. The number of unbranched alkanes of at least 4 members (excludes halogenated alkanes) is 1. The number of rotatable bonds is 11. The molecule has 0 radical (unpaired) electrons. The van der Waals surface area contributed by atoms with Crippen LogP contribution in [0.2, 0.25) is 10.0 Å². The third-order valence-electron chi connectivity index (χ3n) is 10.9. The van der Waals surface area contributed by atoms with Gasteiger partial charge in [-0.15, -0.1) is 0 Å². The van der Waals surface area contributed by atoms with E-state index in [4.69, 9.17) is 28.9 Å². The number of likely N-dealkylation sites (tertiary alicyclic amines) is 2. The smallest absolute Gasteiger partial charge is 0.152 e. The minimum absolute atomic E-state index is 0.240. The Morgan fingerprint density at radius 1 is 0.915 bits per heavy atom. The number of nitrogens with zero attached hydrogens (tertiary/aromatic N) is 4. The molecule has 1 saturated carbocycles. The van der Waals surface area contributed by atoms with Crippen LogP contribution < -0.4 is 5.73 Å². The number of benzene rings is 3. The number of aromatic nitrogens is 1. The van der Waals surface area contributed by atoms with Crippen molar-refractivity contribution in [2.75, 3.05) is 13.1 Å². The number of fused-ring (bicyclic) bond motifs is 3. The van der Waals surface area contributed by atoms with Gasteiger partial charge in [-0.1, -0.05) is 66.7 Å². The third kappa shape index (κ3) is 6.75. The lowest BCUT2D eigenvalue weighted by molar-refractivity contribution is -0.125. The van der Waals surface area contributed by atoms with E-state index in [9.17, 15) is 10.1 Å². The number of piperazine rings is 1. The second kappa shape index (κ2) is 13.7. The van der Waals surface area contributed by atoms with Crippen LogP contribution in [-0.2, 0) is 24.4 Å². The quantitative estimate of drug-likeness (QED) is 0.163. The molecule has 6 nitrogen and oxygen atoms in total. The zero-order chi connectivity index (χ0) is 32.5. The van der Waals surface area contributed by atoms with Crippen LogP contribution in [0.4, 0.5) is 0 Å². The molecule has 1 aromatic heterocycles. The fraction of sp³-hybridized carbons (Fsp3) is 0.436. The van der Waals surface area contributed by atoms with Crippen molar-refractivity contribution in [1.82, 2.24) is 14.4 Å².